The number of likely N-dealkylation sites (N-methyl/N-ethyl adjacent to an activating group) is 1. The molecule has 0 amide bonds. The van der Waals surface area contributed by atoms with Crippen LogP contribution < -0.4 is 0 Å². The zero-order chi connectivity index (χ0) is 16.3. The summed E-state index contributed by atoms with van der Waals surface area (Å²) in [6, 6.07) is 11.6. The van der Waals surface area contributed by atoms with Crippen LogP contribution in [-0.4, -0.2) is 23.6 Å². The molecule has 0 aromatic heterocycles. The number of fused-ring (bicyclic) bond motifs is 1. The van der Waals surface area contributed by atoms with Gasteiger partial charge in [0, 0.05) is 24.0 Å². The van der Waals surface area contributed by atoms with Gasteiger partial charge in [0.1, 0.15) is 5.75 Å². The smallest absolute Gasteiger partial charge is 0.115 e. The monoisotopic (exact) mass is 317 g/mol. The molecule has 3 heteroatoms. The van der Waals surface area contributed by atoms with Gasteiger partial charge < -0.3 is 10.0 Å². The van der Waals surface area contributed by atoms with E-state index in [1.807, 2.05) is 32.0 Å². The lowest BCUT2D eigenvalue weighted by molar-refractivity contribution is 0.294. The number of rotatable bonds is 1. The van der Waals surface area contributed by atoms with Crippen LogP contribution in [0.2, 0.25) is 5.02 Å². The highest BCUT2D eigenvalue weighted by molar-refractivity contribution is 6.30. The van der Waals surface area contributed by atoms with Crippen molar-refractivity contribution in [2.45, 2.75) is 33.2 Å². The lowest BCUT2D eigenvalue weighted by Gasteiger charge is -2.34. The fraction of sp³-hybridized carbons (Fsp3) is 0.368. The molecule has 1 aliphatic rings. The molecule has 118 valence electrons. The Kier molecular flexibility index (Phi) is 5.49. The number of phenolic OH excluding ortho intramolecular Hbond substituents is 1. The van der Waals surface area contributed by atoms with E-state index in [-0.39, 0.29) is 0 Å². The van der Waals surface area contributed by atoms with Crippen LogP contribution in [0.4, 0.5) is 0 Å². The fourth-order valence-electron chi connectivity index (χ4n) is 3.06. The van der Waals surface area contributed by atoms with Crippen molar-refractivity contribution in [3.8, 4) is 5.75 Å². The zero-order valence-corrected chi connectivity index (χ0v) is 14.5. The Morgan fingerprint density at radius 2 is 1.77 bits per heavy atom. The fourth-order valence-corrected chi connectivity index (χ4v) is 3.34. The van der Waals surface area contributed by atoms with E-state index in [0.717, 1.165) is 18.1 Å². The average Bonchev–Trinajstić information content (AvgIpc) is 2.50. The number of aromatic hydroxyl groups is 1. The Bertz CT molecular complexity index is 637. The molecule has 0 fully saturated rings. The number of halogens is 1. The van der Waals surface area contributed by atoms with Crippen molar-refractivity contribution in [2.24, 2.45) is 0 Å². The molecule has 2 aromatic carbocycles. The SMILES string of the molecule is CC.Cc1cc(Cl)cc2c1CN(C)CC2c1ccc(O)cc1. The van der Waals surface area contributed by atoms with Crippen molar-refractivity contribution in [3.05, 3.63) is 63.7 Å². The van der Waals surface area contributed by atoms with E-state index in [1.54, 1.807) is 12.1 Å². The van der Waals surface area contributed by atoms with Gasteiger partial charge in [0.2, 0.25) is 0 Å². The molecule has 1 atom stereocenters. The van der Waals surface area contributed by atoms with Gasteiger partial charge in [-0.15, -0.1) is 0 Å². The van der Waals surface area contributed by atoms with Gasteiger partial charge in [-0.2, -0.15) is 0 Å². The molecule has 1 aliphatic heterocycles. The largest absolute Gasteiger partial charge is 0.508 e. The highest BCUT2D eigenvalue weighted by Crippen LogP contribution is 2.36. The molecular weight excluding hydrogens is 294 g/mol. The summed E-state index contributed by atoms with van der Waals surface area (Å²) in [5.74, 6) is 0.613. The van der Waals surface area contributed by atoms with Crippen molar-refractivity contribution in [1.29, 1.82) is 0 Å². The lowest BCUT2D eigenvalue weighted by Crippen LogP contribution is -2.31. The number of aryl methyl sites for hydroxylation is 1. The number of hydrogen-bond donors (Lipinski definition) is 1. The average molecular weight is 318 g/mol. The van der Waals surface area contributed by atoms with E-state index >= 15 is 0 Å². The van der Waals surface area contributed by atoms with E-state index in [4.69, 9.17) is 11.6 Å². The molecule has 1 N–H and O–H groups in total. The van der Waals surface area contributed by atoms with Gasteiger partial charge in [0.25, 0.3) is 0 Å². The van der Waals surface area contributed by atoms with Crippen LogP contribution in [0.1, 0.15) is 42.0 Å². The third kappa shape index (κ3) is 3.45. The first kappa shape index (κ1) is 16.9. The minimum absolute atomic E-state index is 0.306. The first-order valence-electron chi connectivity index (χ1n) is 7.81. The second kappa shape index (κ2) is 7.17. The summed E-state index contributed by atoms with van der Waals surface area (Å²) in [5.41, 5.74) is 5.17. The summed E-state index contributed by atoms with van der Waals surface area (Å²) in [6.45, 7) is 8.06. The summed E-state index contributed by atoms with van der Waals surface area (Å²) < 4.78 is 0. The third-order valence-electron chi connectivity index (χ3n) is 4.07. The van der Waals surface area contributed by atoms with E-state index < -0.39 is 0 Å². The van der Waals surface area contributed by atoms with E-state index in [9.17, 15) is 5.11 Å². The van der Waals surface area contributed by atoms with E-state index in [2.05, 4.69) is 24.9 Å². The molecular formula is C19H24ClNO. The molecule has 1 unspecified atom stereocenters. The quantitative estimate of drug-likeness (QED) is 0.803. The van der Waals surface area contributed by atoms with Crippen molar-refractivity contribution in [2.75, 3.05) is 13.6 Å². The molecule has 0 aliphatic carbocycles. The predicted molar refractivity (Wildman–Crippen MR) is 93.8 cm³/mol. The second-order valence-corrected chi connectivity index (χ2v) is 6.07. The van der Waals surface area contributed by atoms with E-state index in [0.29, 0.717) is 11.7 Å². The van der Waals surface area contributed by atoms with Crippen molar-refractivity contribution in [3.63, 3.8) is 0 Å². The van der Waals surface area contributed by atoms with Crippen LogP contribution in [-0.2, 0) is 6.54 Å². The molecule has 22 heavy (non-hydrogen) atoms. The zero-order valence-electron chi connectivity index (χ0n) is 13.7. The number of phenols is 1. The first-order valence-corrected chi connectivity index (χ1v) is 8.19. The molecule has 2 aromatic rings. The predicted octanol–water partition coefficient (Wildman–Crippen LogP) is 4.96. The van der Waals surface area contributed by atoms with Gasteiger partial charge in [-0.3, -0.25) is 0 Å². The molecule has 1 heterocycles. The maximum atomic E-state index is 9.46. The molecule has 0 saturated heterocycles. The lowest BCUT2D eigenvalue weighted by atomic mass is 9.83. The minimum Gasteiger partial charge on any atom is -0.508 e. The standard InChI is InChI=1S/C17H18ClNO.C2H6/c1-11-7-13(18)8-15-16(11)9-19(2)10-17(15)12-3-5-14(20)6-4-12;1-2/h3-8,17,20H,9-10H2,1-2H3;1-2H3. The second-order valence-electron chi connectivity index (χ2n) is 5.63. The molecule has 0 bridgehead atoms. The molecule has 0 radical (unpaired) electrons. The Morgan fingerprint density at radius 3 is 2.41 bits per heavy atom. The summed E-state index contributed by atoms with van der Waals surface area (Å²) in [4.78, 5) is 2.33. The summed E-state index contributed by atoms with van der Waals surface area (Å²) in [5, 5.41) is 10.3. The highest BCUT2D eigenvalue weighted by atomic mass is 35.5. The van der Waals surface area contributed by atoms with Crippen molar-refractivity contribution < 1.29 is 5.11 Å². The van der Waals surface area contributed by atoms with Gasteiger partial charge >= 0.3 is 0 Å². The third-order valence-corrected chi connectivity index (χ3v) is 4.28. The molecule has 0 spiro atoms. The molecule has 2 nitrogen and oxygen atoms in total. The number of nitrogens with zero attached hydrogens (tertiary/aromatic N) is 1. The van der Waals surface area contributed by atoms with E-state index in [1.165, 1.54) is 22.3 Å². The van der Waals surface area contributed by atoms with Crippen LogP contribution in [0.15, 0.2) is 36.4 Å². The first-order chi connectivity index (χ1) is 10.5. The van der Waals surface area contributed by atoms with Gasteiger partial charge in [0.05, 0.1) is 0 Å². The van der Waals surface area contributed by atoms with Crippen LogP contribution in [0.3, 0.4) is 0 Å². The summed E-state index contributed by atoms with van der Waals surface area (Å²) >= 11 is 6.24. The minimum atomic E-state index is 0.306. The molecule has 0 saturated carbocycles. The maximum Gasteiger partial charge on any atom is 0.115 e. The Morgan fingerprint density at radius 1 is 1.14 bits per heavy atom. The van der Waals surface area contributed by atoms with Gasteiger partial charge in [-0.05, 0) is 60.5 Å². The summed E-state index contributed by atoms with van der Waals surface area (Å²) in [7, 11) is 2.14. The normalized spacial score (nSPS) is 17.4. The van der Waals surface area contributed by atoms with Gasteiger partial charge in [-0.25, -0.2) is 0 Å². The van der Waals surface area contributed by atoms with Crippen molar-refractivity contribution >= 4 is 11.6 Å². The van der Waals surface area contributed by atoms with Gasteiger partial charge in [-0.1, -0.05) is 37.6 Å². The number of benzene rings is 2. The highest BCUT2D eigenvalue weighted by Gasteiger charge is 2.26. The Hall–Kier alpha value is -1.51. The van der Waals surface area contributed by atoms with Crippen LogP contribution in [0.5, 0.6) is 5.75 Å². The maximum absolute atomic E-state index is 9.46. The van der Waals surface area contributed by atoms with Crippen LogP contribution >= 0.6 is 11.6 Å². The van der Waals surface area contributed by atoms with Crippen molar-refractivity contribution in [1.82, 2.24) is 4.90 Å². The summed E-state index contributed by atoms with van der Waals surface area (Å²) in [6.07, 6.45) is 0. The van der Waals surface area contributed by atoms with Gasteiger partial charge in [0.15, 0.2) is 0 Å². The Labute approximate surface area is 138 Å². The van der Waals surface area contributed by atoms with Crippen LogP contribution in [0, 0.1) is 6.92 Å². The van der Waals surface area contributed by atoms with Crippen LogP contribution in [0.25, 0.3) is 0 Å². The Balaban J connectivity index is 0.000000847. The topological polar surface area (TPSA) is 23.5 Å². The molecule has 3 rings (SSSR count). The number of hydrogen-bond acceptors (Lipinski definition) is 2.